The van der Waals surface area contributed by atoms with Gasteiger partial charge in [0.05, 0.1) is 0 Å². The number of hydrogen-bond acceptors (Lipinski definition) is 3. The van der Waals surface area contributed by atoms with Crippen molar-refractivity contribution in [1.29, 1.82) is 0 Å². The van der Waals surface area contributed by atoms with Gasteiger partial charge in [-0.25, -0.2) is 4.98 Å². The number of hydrogen-bond donors (Lipinski definition) is 2. The third kappa shape index (κ3) is 4.93. The molecule has 23 heavy (non-hydrogen) atoms. The molecule has 0 atom stereocenters. The minimum atomic E-state index is -0.448. The normalized spacial score (nSPS) is 10.5. The fourth-order valence-corrected chi connectivity index (χ4v) is 2.29. The average molecular weight is 334 g/mol. The number of carbonyl (C=O) groups is 1. The second-order valence-electron chi connectivity index (χ2n) is 5.30. The van der Waals surface area contributed by atoms with Gasteiger partial charge in [-0.2, -0.15) is 0 Å². The van der Waals surface area contributed by atoms with Gasteiger partial charge in [-0.1, -0.05) is 37.8 Å². The molecule has 1 aromatic carbocycles. The highest BCUT2D eigenvalue weighted by Gasteiger charge is 2.12. The number of nitrogens with zero attached hydrogens (tertiary/aromatic N) is 1. The smallest absolute Gasteiger partial charge is 0.264 e. The number of rotatable bonds is 7. The molecular weight excluding hydrogens is 314 g/mol. The predicted octanol–water partition coefficient (Wildman–Crippen LogP) is 3.40. The van der Waals surface area contributed by atoms with Gasteiger partial charge < -0.3 is 10.3 Å². The Kier molecular flexibility index (Phi) is 6.35. The predicted molar refractivity (Wildman–Crippen MR) is 91.8 cm³/mol. The van der Waals surface area contributed by atoms with Crippen molar-refractivity contribution in [2.45, 2.75) is 32.6 Å². The number of H-pyrrole nitrogens is 1. The van der Waals surface area contributed by atoms with Crippen LogP contribution in [-0.2, 0) is 0 Å². The van der Waals surface area contributed by atoms with Gasteiger partial charge in [-0.15, -0.1) is 0 Å². The van der Waals surface area contributed by atoms with Crippen molar-refractivity contribution < 1.29 is 4.79 Å². The molecule has 0 bridgehead atoms. The second-order valence-corrected chi connectivity index (χ2v) is 5.73. The maximum atomic E-state index is 12.1. The average Bonchev–Trinajstić information content (AvgIpc) is 2.55. The third-order valence-electron chi connectivity index (χ3n) is 3.48. The zero-order valence-electron chi connectivity index (χ0n) is 13.1. The van der Waals surface area contributed by atoms with Crippen LogP contribution in [0.15, 0.2) is 35.3 Å². The van der Waals surface area contributed by atoms with Crippen LogP contribution in [0.1, 0.15) is 43.0 Å². The molecule has 1 aromatic heterocycles. The van der Waals surface area contributed by atoms with Crippen LogP contribution in [-0.4, -0.2) is 22.4 Å². The molecule has 6 heteroatoms. The van der Waals surface area contributed by atoms with Crippen molar-refractivity contribution in [3.05, 3.63) is 51.4 Å². The SMILES string of the molecule is CCCCCCNC(=O)c1cnc(-c2ccc(Cl)cc2)[nH]c1=O. The van der Waals surface area contributed by atoms with Crippen LogP contribution in [0.3, 0.4) is 0 Å². The minimum absolute atomic E-state index is 0.0261. The summed E-state index contributed by atoms with van der Waals surface area (Å²) in [7, 11) is 0. The molecule has 2 aromatic rings. The lowest BCUT2D eigenvalue weighted by atomic mass is 10.2. The second kappa shape index (κ2) is 8.48. The molecule has 0 spiro atoms. The molecule has 5 nitrogen and oxygen atoms in total. The van der Waals surface area contributed by atoms with Gasteiger partial charge in [-0.05, 0) is 30.7 Å². The highest BCUT2D eigenvalue weighted by Crippen LogP contribution is 2.16. The van der Waals surface area contributed by atoms with E-state index >= 15 is 0 Å². The number of carbonyl (C=O) groups excluding carboxylic acids is 1. The van der Waals surface area contributed by atoms with Crippen molar-refractivity contribution >= 4 is 17.5 Å². The van der Waals surface area contributed by atoms with E-state index in [4.69, 9.17) is 11.6 Å². The lowest BCUT2D eigenvalue weighted by Gasteiger charge is -2.05. The lowest BCUT2D eigenvalue weighted by molar-refractivity contribution is 0.0951. The first kappa shape index (κ1) is 17.2. The van der Waals surface area contributed by atoms with E-state index in [0.717, 1.165) is 31.2 Å². The number of nitrogens with one attached hydrogen (secondary N) is 2. The first-order chi connectivity index (χ1) is 11.1. The largest absolute Gasteiger partial charge is 0.352 e. The highest BCUT2D eigenvalue weighted by molar-refractivity contribution is 6.30. The molecule has 0 saturated carbocycles. The summed E-state index contributed by atoms with van der Waals surface area (Å²) in [6, 6.07) is 6.95. The standard InChI is InChI=1S/C17H20ClN3O2/c1-2-3-4-5-10-19-16(22)14-11-20-15(21-17(14)23)12-6-8-13(18)9-7-12/h6-9,11H,2-5,10H2,1H3,(H,19,22)(H,20,21,23). The zero-order chi connectivity index (χ0) is 16.7. The van der Waals surface area contributed by atoms with Gasteiger partial charge in [-0.3, -0.25) is 9.59 Å². The minimum Gasteiger partial charge on any atom is -0.352 e. The quantitative estimate of drug-likeness (QED) is 0.762. The molecule has 1 heterocycles. The van der Waals surface area contributed by atoms with Crippen LogP contribution in [0.4, 0.5) is 0 Å². The molecule has 2 rings (SSSR count). The molecule has 0 aliphatic carbocycles. The van der Waals surface area contributed by atoms with Crippen LogP contribution in [0.5, 0.6) is 0 Å². The third-order valence-corrected chi connectivity index (χ3v) is 3.73. The van der Waals surface area contributed by atoms with E-state index in [1.54, 1.807) is 24.3 Å². The number of aromatic nitrogens is 2. The number of halogens is 1. The fraction of sp³-hybridized carbons (Fsp3) is 0.353. The Balaban J connectivity index is 2.03. The molecule has 0 saturated heterocycles. The highest BCUT2D eigenvalue weighted by atomic mass is 35.5. The van der Waals surface area contributed by atoms with Crippen LogP contribution < -0.4 is 10.9 Å². The number of aromatic amines is 1. The molecule has 0 aliphatic heterocycles. The topological polar surface area (TPSA) is 74.8 Å². The first-order valence-corrected chi connectivity index (χ1v) is 8.13. The van der Waals surface area contributed by atoms with Crippen molar-refractivity contribution in [3.8, 4) is 11.4 Å². The maximum absolute atomic E-state index is 12.1. The zero-order valence-corrected chi connectivity index (χ0v) is 13.8. The molecule has 2 N–H and O–H groups in total. The number of amides is 1. The summed E-state index contributed by atoms with van der Waals surface area (Å²) in [4.78, 5) is 30.9. The van der Waals surface area contributed by atoms with Crippen LogP contribution >= 0.6 is 11.6 Å². The summed E-state index contributed by atoms with van der Waals surface area (Å²) in [5, 5.41) is 3.36. The van der Waals surface area contributed by atoms with Crippen molar-refractivity contribution in [2.24, 2.45) is 0 Å². The summed E-state index contributed by atoms with van der Waals surface area (Å²) < 4.78 is 0. The number of unbranched alkanes of at least 4 members (excludes halogenated alkanes) is 3. The summed E-state index contributed by atoms with van der Waals surface area (Å²) >= 11 is 5.83. The Hall–Kier alpha value is -2.14. The molecule has 0 unspecified atom stereocenters. The van der Waals surface area contributed by atoms with Gasteiger partial charge in [0.2, 0.25) is 0 Å². The van der Waals surface area contributed by atoms with E-state index in [1.807, 2.05) is 0 Å². The summed E-state index contributed by atoms with van der Waals surface area (Å²) in [5.74, 6) is 0.0177. The molecule has 0 aliphatic rings. The monoisotopic (exact) mass is 333 g/mol. The van der Waals surface area contributed by atoms with Crippen LogP contribution in [0.25, 0.3) is 11.4 Å². The van der Waals surface area contributed by atoms with Gasteiger partial charge in [0.15, 0.2) is 0 Å². The molecule has 122 valence electrons. The molecule has 0 radical (unpaired) electrons. The van der Waals surface area contributed by atoms with E-state index in [1.165, 1.54) is 6.20 Å². The Morgan fingerprint density at radius 3 is 2.61 bits per heavy atom. The molecule has 0 fully saturated rings. The Labute approximate surface area is 140 Å². The number of benzene rings is 1. The molecular formula is C17H20ClN3O2. The first-order valence-electron chi connectivity index (χ1n) is 7.75. The Bertz CT molecular complexity index is 711. The Morgan fingerprint density at radius 2 is 1.96 bits per heavy atom. The summed E-state index contributed by atoms with van der Waals surface area (Å²) in [5.41, 5.74) is 0.312. The van der Waals surface area contributed by atoms with Gasteiger partial charge in [0.25, 0.3) is 11.5 Å². The maximum Gasteiger partial charge on any atom is 0.264 e. The van der Waals surface area contributed by atoms with Crippen molar-refractivity contribution in [2.75, 3.05) is 6.54 Å². The van der Waals surface area contributed by atoms with Crippen LogP contribution in [0, 0.1) is 0 Å². The lowest BCUT2D eigenvalue weighted by Crippen LogP contribution is -2.30. The van der Waals surface area contributed by atoms with Crippen LogP contribution in [0.2, 0.25) is 5.02 Å². The summed E-state index contributed by atoms with van der Waals surface area (Å²) in [6.07, 6.45) is 5.58. The van der Waals surface area contributed by atoms with E-state index in [2.05, 4.69) is 22.2 Å². The van der Waals surface area contributed by atoms with E-state index in [9.17, 15) is 9.59 Å². The van der Waals surface area contributed by atoms with E-state index in [0.29, 0.717) is 17.4 Å². The van der Waals surface area contributed by atoms with E-state index in [-0.39, 0.29) is 5.56 Å². The van der Waals surface area contributed by atoms with Gasteiger partial charge in [0.1, 0.15) is 11.4 Å². The Morgan fingerprint density at radius 1 is 1.22 bits per heavy atom. The van der Waals surface area contributed by atoms with Gasteiger partial charge >= 0.3 is 0 Å². The fourth-order valence-electron chi connectivity index (χ4n) is 2.16. The van der Waals surface area contributed by atoms with Crippen molar-refractivity contribution in [3.63, 3.8) is 0 Å². The van der Waals surface area contributed by atoms with Gasteiger partial charge in [0, 0.05) is 23.3 Å². The summed E-state index contributed by atoms with van der Waals surface area (Å²) in [6.45, 7) is 2.70. The molecule has 1 amide bonds. The van der Waals surface area contributed by atoms with E-state index < -0.39 is 11.5 Å². The van der Waals surface area contributed by atoms with Crippen molar-refractivity contribution in [1.82, 2.24) is 15.3 Å².